The van der Waals surface area contributed by atoms with Crippen LogP contribution in [-0.4, -0.2) is 63.1 Å². The van der Waals surface area contributed by atoms with Gasteiger partial charge in [-0.05, 0) is 16.0 Å². The molecule has 1 atom stereocenters. The highest BCUT2D eigenvalue weighted by molar-refractivity contribution is 5.80. The quantitative estimate of drug-likeness (QED) is 0.817. The minimum Gasteiger partial charge on any atom is -0.347 e. The van der Waals surface area contributed by atoms with Gasteiger partial charge >= 0.3 is 0 Å². The van der Waals surface area contributed by atoms with Gasteiger partial charge in [0.1, 0.15) is 12.4 Å². The Bertz CT molecular complexity index is 690. The molecule has 0 N–H and O–H groups in total. The van der Waals surface area contributed by atoms with Crippen LogP contribution in [0.15, 0.2) is 36.7 Å². The van der Waals surface area contributed by atoms with Crippen LogP contribution < -0.4 is 0 Å². The lowest BCUT2D eigenvalue weighted by Gasteiger charge is -2.38. The zero-order valence-corrected chi connectivity index (χ0v) is 14.0. The molecule has 8 nitrogen and oxygen atoms in total. The van der Waals surface area contributed by atoms with Crippen LogP contribution in [0.1, 0.15) is 24.4 Å². The summed E-state index contributed by atoms with van der Waals surface area (Å²) >= 11 is 0. The fraction of sp³-hybridized carbons (Fsp3) is 0.529. The second-order valence-corrected chi connectivity index (χ2v) is 6.43. The maximum Gasteiger partial charge on any atom is 0.247 e. The highest BCUT2D eigenvalue weighted by Crippen LogP contribution is 2.32. The first kappa shape index (κ1) is 16.2. The lowest BCUT2D eigenvalue weighted by Crippen LogP contribution is -2.49. The largest absolute Gasteiger partial charge is 0.347 e. The summed E-state index contributed by atoms with van der Waals surface area (Å²) in [6, 6.07) is 9.47. The van der Waals surface area contributed by atoms with E-state index in [0.29, 0.717) is 45.6 Å². The van der Waals surface area contributed by atoms with E-state index in [2.05, 4.69) is 15.5 Å². The van der Waals surface area contributed by atoms with Crippen molar-refractivity contribution < 1.29 is 14.3 Å². The second-order valence-electron chi connectivity index (χ2n) is 6.43. The molecule has 2 aliphatic heterocycles. The molecule has 2 aliphatic rings. The Labute approximate surface area is 145 Å². The lowest BCUT2D eigenvalue weighted by molar-refractivity contribution is -0.188. The fourth-order valence-corrected chi connectivity index (χ4v) is 3.51. The van der Waals surface area contributed by atoms with E-state index in [1.54, 1.807) is 4.68 Å². The Kier molecular flexibility index (Phi) is 4.46. The average Bonchev–Trinajstić information content (AvgIpc) is 3.33. The molecule has 2 saturated heterocycles. The number of likely N-dealkylation sites (tertiary alicyclic amines) is 1. The van der Waals surface area contributed by atoms with Gasteiger partial charge in [0.15, 0.2) is 5.79 Å². The standard InChI is InChI=1S/C17H21N5O3/c23-16(21-8-6-17(7-9-21)24-10-11-25-17)15(22-13-18-19-20-22)12-14-4-2-1-3-5-14/h1-5,13,15H,6-12H2/t15-/m1/s1. The molecule has 2 aromatic rings. The summed E-state index contributed by atoms with van der Waals surface area (Å²) in [5, 5.41) is 11.3. The van der Waals surface area contributed by atoms with Crippen LogP contribution in [0.4, 0.5) is 0 Å². The Morgan fingerprint density at radius 1 is 1.16 bits per heavy atom. The number of tetrazole rings is 1. The van der Waals surface area contributed by atoms with Gasteiger partial charge in [-0.25, -0.2) is 4.68 Å². The number of hydrogen-bond acceptors (Lipinski definition) is 6. The lowest BCUT2D eigenvalue weighted by atomic mass is 10.0. The van der Waals surface area contributed by atoms with Crippen molar-refractivity contribution in [1.82, 2.24) is 25.1 Å². The number of rotatable bonds is 4. The van der Waals surface area contributed by atoms with Crippen LogP contribution in [0.2, 0.25) is 0 Å². The van der Waals surface area contributed by atoms with Crippen molar-refractivity contribution >= 4 is 5.91 Å². The maximum absolute atomic E-state index is 13.1. The molecule has 1 aromatic carbocycles. The molecule has 3 heterocycles. The Balaban J connectivity index is 1.48. The summed E-state index contributed by atoms with van der Waals surface area (Å²) in [7, 11) is 0. The number of carbonyl (C=O) groups excluding carboxylic acids is 1. The van der Waals surface area contributed by atoms with E-state index in [-0.39, 0.29) is 5.91 Å². The van der Waals surface area contributed by atoms with Crippen molar-refractivity contribution in [2.24, 2.45) is 0 Å². The van der Waals surface area contributed by atoms with Crippen LogP contribution in [0.5, 0.6) is 0 Å². The van der Waals surface area contributed by atoms with Crippen molar-refractivity contribution in [2.45, 2.75) is 31.1 Å². The zero-order valence-electron chi connectivity index (χ0n) is 14.0. The number of aromatic nitrogens is 4. The highest BCUT2D eigenvalue weighted by atomic mass is 16.7. The number of nitrogens with zero attached hydrogens (tertiary/aromatic N) is 5. The van der Waals surface area contributed by atoms with Crippen molar-refractivity contribution in [3.05, 3.63) is 42.2 Å². The third-order valence-corrected chi connectivity index (χ3v) is 4.89. The van der Waals surface area contributed by atoms with Gasteiger partial charge < -0.3 is 14.4 Å². The Morgan fingerprint density at radius 3 is 2.52 bits per heavy atom. The third kappa shape index (κ3) is 3.40. The van der Waals surface area contributed by atoms with E-state index in [9.17, 15) is 4.79 Å². The molecule has 8 heteroatoms. The molecule has 0 saturated carbocycles. The van der Waals surface area contributed by atoms with E-state index >= 15 is 0 Å². The highest BCUT2D eigenvalue weighted by Gasteiger charge is 2.42. The molecule has 0 radical (unpaired) electrons. The van der Waals surface area contributed by atoms with Gasteiger partial charge in [0.2, 0.25) is 5.91 Å². The molecule has 0 aliphatic carbocycles. The van der Waals surface area contributed by atoms with Crippen molar-refractivity contribution in [2.75, 3.05) is 26.3 Å². The molecular formula is C17H21N5O3. The number of ether oxygens (including phenoxy) is 2. The van der Waals surface area contributed by atoms with Crippen molar-refractivity contribution in [3.8, 4) is 0 Å². The average molecular weight is 343 g/mol. The topological polar surface area (TPSA) is 82.4 Å². The monoisotopic (exact) mass is 343 g/mol. The van der Waals surface area contributed by atoms with E-state index in [0.717, 1.165) is 5.56 Å². The summed E-state index contributed by atoms with van der Waals surface area (Å²) in [5.41, 5.74) is 1.08. The third-order valence-electron chi connectivity index (χ3n) is 4.89. The molecule has 2 fully saturated rings. The summed E-state index contributed by atoms with van der Waals surface area (Å²) < 4.78 is 13.0. The van der Waals surface area contributed by atoms with Crippen molar-refractivity contribution in [1.29, 1.82) is 0 Å². The SMILES string of the molecule is O=C([C@@H](Cc1ccccc1)n1cnnn1)N1CCC2(CC1)OCCO2. The molecule has 25 heavy (non-hydrogen) atoms. The molecule has 0 bridgehead atoms. The molecule has 132 valence electrons. The maximum atomic E-state index is 13.1. The van der Waals surface area contributed by atoms with Crippen LogP contribution in [0.25, 0.3) is 0 Å². The second kappa shape index (κ2) is 6.89. The van der Waals surface area contributed by atoms with Gasteiger partial charge in [-0.15, -0.1) is 5.10 Å². The van der Waals surface area contributed by atoms with E-state index in [1.165, 1.54) is 6.33 Å². The van der Waals surface area contributed by atoms with Crippen LogP contribution in [0, 0.1) is 0 Å². The minimum absolute atomic E-state index is 0.0315. The molecular weight excluding hydrogens is 322 g/mol. The van der Waals surface area contributed by atoms with Crippen LogP contribution in [-0.2, 0) is 20.7 Å². The molecule has 0 unspecified atom stereocenters. The number of hydrogen-bond donors (Lipinski definition) is 0. The van der Waals surface area contributed by atoms with Gasteiger partial charge in [-0.2, -0.15) is 0 Å². The van der Waals surface area contributed by atoms with E-state index < -0.39 is 11.8 Å². The minimum atomic E-state index is -0.486. The summed E-state index contributed by atoms with van der Waals surface area (Å²) in [4.78, 5) is 15.0. The van der Waals surface area contributed by atoms with E-state index in [4.69, 9.17) is 9.47 Å². The first-order valence-corrected chi connectivity index (χ1v) is 8.59. The van der Waals surface area contributed by atoms with E-state index in [1.807, 2.05) is 35.2 Å². The van der Waals surface area contributed by atoms with Gasteiger partial charge in [-0.1, -0.05) is 30.3 Å². The first-order valence-electron chi connectivity index (χ1n) is 8.59. The van der Waals surface area contributed by atoms with Crippen LogP contribution in [0.3, 0.4) is 0 Å². The van der Waals surface area contributed by atoms with Gasteiger partial charge in [0, 0.05) is 32.4 Å². The number of piperidine rings is 1. The summed E-state index contributed by atoms with van der Waals surface area (Å²) in [6.07, 6.45) is 3.46. The number of benzene rings is 1. The molecule has 1 aromatic heterocycles. The van der Waals surface area contributed by atoms with Crippen LogP contribution >= 0.6 is 0 Å². The molecule has 4 rings (SSSR count). The summed E-state index contributed by atoms with van der Waals surface area (Å²) in [5.74, 6) is -0.454. The number of carbonyl (C=O) groups is 1. The normalized spacial score (nSPS) is 20.7. The zero-order chi connectivity index (χ0) is 17.1. The van der Waals surface area contributed by atoms with Gasteiger partial charge in [0.05, 0.1) is 13.2 Å². The summed E-state index contributed by atoms with van der Waals surface area (Å²) in [6.45, 7) is 2.50. The van der Waals surface area contributed by atoms with Gasteiger partial charge in [-0.3, -0.25) is 4.79 Å². The Hall–Kier alpha value is -2.32. The van der Waals surface area contributed by atoms with Crippen molar-refractivity contribution in [3.63, 3.8) is 0 Å². The predicted molar refractivity (Wildman–Crippen MR) is 87.4 cm³/mol. The fourth-order valence-electron chi connectivity index (χ4n) is 3.51. The smallest absolute Gasteiger partial charge is 0.247 e. The molecule has 1 amide bonds. The number of amides is 1. The van der Waals surface area contributed by atoms with Gasteiger partial charge in [0.25, 0.3) is 0 Å². The predicted octanol–water partition coefficient (Wildman–Crippen LogP) is 0.822. The first-order chi connectivity index (χ1) is 12.3. The molecule has 1 spiro atoms. The Morgan fingerprint density at radius 2 is 1.88 bits per heavy atom.